The van der Waals surface area contributed by atoms with Gasteiger partial charge in [-0.1, -0.05) is 0 Å². The zero-order chi connectivity index (χ0) is 35.7. The van der Waals surface area contributed by atoms with Gasteiger partial charge in [-0.2, -0.15) is 24.1 Å². The second-order valence-electron chi connectivity index (χ2n) is 9.65. The van der Waals surface area contributed by atoms with Crippen LogP contribution in [0.2, 0.25) is 0 Å². The third-order valence-electron chi connectivity index (χ3n) is 6.41. The quantitative estimate of drug-likeness (QED) is 0.0495. The summed E-state index contributed by atoms with van der Waals surface area (Å²) in [6.45, 7) is -1.72. The molecule has 0 aliphatic carbocycles. The fourth-order valence-corrected chi connectivity index (χ4v) is 7.03. The van der Waals surface area contributed by atoms with E-state index in [0.717, 1.165) is 10.8 Å². The van der Waals surface area contributed by atoms with Gasteiger partial charge >= 0.3 is 50.3 Å². The van der Waals surface area contributed by atoms with Crippen molar-refractivity contribution >= 4 is 64.2 Å². The van der Waals surface area contributed by atoms with E-state index in [2.05, 4.69) is 34.4 Å². The number of phosphoric acid groups is 2. The molecule has 5 heterocycles. The van der Waals surface area contributed by atoms with E-state index in [1.165, 1.54) is 6.07 Å². The van der Waals surface area contributed by atoms with Gasteiger partial charge in [0.05, 0.1) is 25.4 Å². The van der Waals surface area contributed by atoms with Gasteiger partial charge in [-0.3, -0.25) is 23.4 Å². The summed E-state index contributed by atoms with van der Waals surface area (Å²) in [5.74, 6) is -0.236. The number of nitrogen functional groups attached to an aromatic ring is 2. The average molecular weight is 844 g/mol. The number of nitrogens with two attached hydrogens (primary N) is 2. The molecule has 0 radical (unpaired) electrons. The first-order valence-corrected chi connectivity index (χ1v) is 19.2. The second-order valence-corrected chi connectivity index (χ2v) is 14.7. The molecular weight excluding hydrogens is 818 g/mol. The van der Waals surface area contributed by atoms with Crippen molar-refractivity contribution in [2.24, 2.45) is 0 Å². The van der Waals surface area contributed by atoms with Crippen LogP contribution in [0.3, 0.4) is 0 Å². The molecular formula is C19H26MoN8O16P2S2-2. The SMILES string of the molecule is Nc1ccn(C2OC(COP(=O)(O)OP(=O)(O)OCC3OC4Nc5nc(N)[nH]c(=O)c5NC4C([S-])=C3[S-])C(O)C2O)c(=O)n1.[O]=[Mo]([O-])[OH2+]. The van der Waals surface area contributed by atoms with E-state index >= 15 is 0 Å². The van der Waals surface area contributed by atoms with E-state index in [9.17, 15) is 38.7 Å². The van der Waals surface area contributed by atoms with Gasteiger partial charge in [0.1, 0.15) is 29.8 Å². The van der Waals surface area contributed by atoms with E-state index in [4.69, 9.17) is 61.6 Å². The van der Waals surface area contributed by atoms with Gasteiger partial charge in [0, 0.05) is 6.20 Å². The Hall–Kier alpha value is -2.35. The van der Waals surface area contributed by atoms with Crippen LogP contribution in [0.25, 0.3) is 0 Å². The number of phosphoric ester groups is 2. The maximum absolute atomic E-state index is 12.5. The van der Waals surface area contributed by atoms with E-state index in [-0.39, 0.29) is 33.1 Å². The Balaban J connectivity index is 0.00000123. The molecule has 24 nitrogen and oxygen atoms in total. The number of aromatic amines is 1. The van der Waals surface area contributed by atoms with Crippen LogP contribution in [0, 0.1) is 0 Å². The summed E-state index contributed by atoms with van der Waals surface area (Å²) in [5.41, 5.74) is 9.54. The number of aromatic nitrogens is 4. The Morgan fingerprint density at radius 1 is 1.06 bits per heavy atom. The monoisotopic (exact) mass is 846 g/mol. The Kier molecular flexibility index (Phi) is 12.2. The fourth-order valence-electron chi connectivity index (χ4n) is 4.38. The molecule has 2 aromatic rings. The Labute approximate surface area is 284 Å². The number of ether oxygens (including phenoxy) is 2. The molecule has 0 saturated carbocycles. The van der Waals surface area contributed by atoms with Gasteiger partial charge in [0.2, 0.25) is 5.95 Å². The van der Waals surface area contributed by atoms with Crippen LogP contribution in [0.5, 0.6) is 0 Å². The van der Waals surface area contributed by atoms with Crippen molar-refractivity contribution in [2.45, 2.75) is 42.9 Å². The van der Waals surface area contributed by atoms with Crippen molar-refractivity contribution in [1.82, 2.24) is 19.5 Å². The molecule has 3 aliphatic heterocycles. The van der Waals surface area contributed by atoms with Crippen molar-refractivity contribution in [1.29, 1.82) is 0 Å². The van der Waals surface area contributed by atoms with Crippen LogP contribution in [-0.4, -0.2) is 93.2 Å². The number of H-pyrrole nitrogens is 1. The number of nitrogens with one attached hydrogen (secondary N) is 3. The summed E-state index contributed by atoms with van der Waals surface area (Å²) < 4.78 is 73.9. The van der Waals surface area contributed by atoms with Crippen LogP contribution in [0.15, 0.2) is 31.7 Å². The molecule has 3 aliphatic rings. The molecule has 9 unspecified atom stereocenters. The van der Waals surface area contributed by atoms with Gasteiger partial charge in [-0.05, 0) is 6.07 Å². The number of hydrogen-bond acceptors (Lipinski definition) is 21. The van der Waals surface area contributed by atoms with Crippen LogP contribution >= 0.6 is 15.6 Å². The molecule has 48 heavy (non-hydrogen) atoms. The first-order valence-electron chi connectivity index (χ1n) is 12.8. The average Bonchev–Trinajstić information content (AvgIpc) is 3.24. The number of hydrogen-bond donors (Lipinski definition) is 9. The summed E-state index contributed by atoms with van der Waals surface area (Å²) in [6.07, 6.45) is -7.44. The van der Waals surface area contributed by atoms with E-state index in [1.807, 2.05) is 0 Å². The number of nitrogens with zero attached hydrogens (tertiary/aromatic N) is 3. The van der Waals surface area contributed by atoms with E-state index < -0.39 is 101 Å². The molecule has 9 atom stereocenters. The molecule has 0 bridgehead atoms. The topological polar surface area (TPSA) is 381 Å². The Bertz CT molecular complexity index is 1800. The summed E-state index contributed by atoms with van der Waals surface area (Å²) >= 11 is 7.05. The molecule has 5 rings (SSSR count). The third-order valence-corrected chi connectivity index (χ3v) is 10.1. The normalized spacial score (nSPS) is 28.9. The van der Waals surface area contributed by atoms with E-state index in [0.29, 0.717) is 0 Å². The van der Waals surface area contributed by atoms with Crippen molar-refractivity contribution in [3.63, 3.8) is 0 Å². The Morgan fingerprint density at radius 2 is 1.69 bits per heavy atom. The first-order chi connectivity index (χ1) is 22.3. The summed E-state index contributed by atoms with van der Waals surface area (Å²) in [6, 6.07) is 0.424. The van der Waals surface area contributed by atoms with Gasteiger partial charge in [0.15, 0.2) is 18.3 Å². The predicted octanol–water partition coefficient (Wildman–Crippen LogP) is -4.84. The number of rotatable bonds is 9. The molecule has 268 valence electrons. The number of fused-ring (bicyclic) bond motifs is 2. The van der Waals surface area contributed by atoms with E-state index in [1.54, 1.807) is 0 Å². The fraction of sp³-hybridized carbons (Fsp3) is 0.474. The van der Waals surface area contributed by atoms with Gasteiger partial charge in [-0.25, -0.2) is 13.9 Å². The number of aliphatic hydroxyl groups is 2. The number of aliphatic hydroxyl groups excluding tert-OH is 2. The second kappa shape index (κ2) is 15.3. The molecule has 0 aromatic carbocycles. The predicted molar refractivity (Wildman–Crippen MR) is 156 cm³/mol. The zero-order valence-corrected chi connectivity index (χ0v) is 28.9. The molecule has 29 heteroatoms. The van der Waals surface area contributed by atoms with Gasteiger partial charge < -0.3 is 76.8 Å². The summed E-state index contributed by atoms with van der Waals surface area (Å²) in [5, 5.41) is 26.2. The summed E-state index contributed by atoms with van der Waals surface area (Å²) in [4.78, 5) is 54.2. The van der Waals surface area contributed by atoms with Crippen LogP contribution in [0.4, 0.5) is 23.3 Å². The molecule has 0 spiro atoms. The summed E-state index contributed by atoms with van der Waals surface area (Å²) in [7, 11) is -10.7. The van der Waals surface area contributed by atoms with Crippen LogP contribution in [-0.2, 0) is 78.7 Å². The third kappa shape index (κ3) is 9.25. The minimum absolute atomic E-state index is 0.0295. The molecule has 0 amide bonds. The van der Waals surface area contributed by atoms with Crippen molar-refractivity contribution in [3.05, 3.63) is 42.9 Å². The molecule has 1 saturated heterocycles. The van der Waals surface area contributed by atoms with Crippen molar-refractivity contribution < 1.29 is 80.9 Å². The van der Waals surface area contributed by atoms with Crippen LogP contribution in [0.1, 0.15) is 6.23 Å². The zero-order valence-electron chi connectivity index (χ0n) is 23.5. The standard InChI is InChI=1S/C19H26N8O13P2S2.Mo.H2O.2O/c20-7-1-2-27(19(31)22-7)17-11(29)10(28)5(39-17)3-36-41(32,33)40-42(34,35)37-4-6-12(43)13(44)8-16(38-6)24-14-9(23-8)15(30)26-18(21)25-14;;;;/h1-2,5-6,8,10-11,16-17,23,28-29,43-44H,3-4H2,(H,32,33)(H,34,35)(H2,20,22,31)(H4,21,24,25,26,30);;1H2;;/q;+1;;;-1/p-2. The van der Waals surface area contributed by atoms with Crippen molar-refractivity contribution in [3.8, 4) is 0 Å². The molecule has 1 fully saturated rings. The Morgan fingerprint density at radius 3 is 2.31 bits per heavy atom. The maximum atomic E-state index is 12.5. The molecule has 13 N–H and O–H groups in total. The van der Waals surface area contributed by atoms with Gasteiger partial charge in [-0.15, -0.1) is 0 Å². The van der Waals surface area contributed by atoms with Crippen LogP contribution < -0.4 is 37.1 Å². The first kappa shape index (κ1) is 38.5. The molecule has 2 aromatic heterocycles. The van der Waals surface area contributed by atoms with Gasteiger partial charge in [0.25, 0.3) is 5.56 Å². The van der Waals surface area contributed by atoms with Crippen molar-refractivity contribution in [2.75, 3.05) is 35.3 Å². The number of anilines is 4. The minimum atomic E-state index is -5.37.